The SMILES string of the molecule is COc1c(Cl)c(Cl)c2ncc3c(c2c1Br)CN(C)C3. The van der Waals surface area contributed by atoms with Crippen molar-refractivity contribution in [1.29, 1.82) is 0 Å². The van der Waals surface area contributed by atoms with Gasteiger partial charge in [-0.25, -0.2) is 0 Å². The van der Waals surface area contributed by atoms with Crippen molar-refractivity contribution in [2.45, 2.75) is 13.1 Å². The first-order chi connectivity index (χ1) is 9.04. The van der Waals surface area contributed by atoms with Gasteiger partial charge in [0.15, 0.2) is 5.75 Å². The summed E-state index contributed by atoms with van der Waals surface area (Å²) in [7, 11) is 3.66. The summed E-state index contributed by atoms with van der Waals surface area (Å²) in [5.74, 6) is 0.559. The molecular formula is C13H11BrCl2N2O. The van der Waals surface area contributed by atoms with Gasteiger partial charge in [0.25, 0.3) is 0 Å². The van der Waals surface area contributed by atoms with Crippen molar-refractivity contribution in [3.63, 3.8) is 0 Å². The van der Waals surface area contributed by atoms with Crippen LogP contribution in [0.3, 0.4) is 0 Å². The van der Waals surface area contributed by atoms with Gasteiger partial charge in [-0.2, -0.15) is 0 Å². The normalized spacial score (nSPS) is 15.0. The summed E-state index contributed by atoms with van der Waals surface area (Å²) in [5.41, 5.74) is 3.17. The van der Waals surface area contributed by atoms with Crippen LogP contribution in [0.5, 0.6) is 5.75 Å². The lowest BCUT2D eigenvalue weighted by molar-refractivity contribution is 0.353. The number of benzene rings is 1. The van der Waals surface area contributed by atoms with Crippen LogP contribution in [0, 0.1) is 0 Å². The molecular weight excluding hydrogens is 351 g/mol. The van der Waals surface area contributed by atoms with E-state index in [4.69, 9.17) is 27.9 Å². The maximum Gasteiger partial charge on any atom is 0.153 e. The minimum absolute atomic E-state index is 0.391. The molecule has 2 aromatic rings. The van der Waals surface area contributed by atoms with Crippen molar-refractivity contribution >= 4 is 50.0 Å². The third kappa shape index (κ3) is 1.93. The molecule has 0 amide bonds. The highest BCUT2D eigenvalue weighted by atomic mass is 79.9. The largest absolute Gasteiger partial charge is 0.494 e. The van der Waals surface area contributed by atoms with E-state index in [1.54, 1.807) is 7.11 Å². The van der Waals surface area contributed by atoms with Crippen LogP contribution in [0.2, 0.25) is 10.0 Å². The van der Waals surface area contributed by atoms with Gasteiger partial charge in [0.05, 0.1) is 22.1 Å². The van der Waals surface area contributed by atoms with E-state index in [1.807, 2.05) is 6.20 Å². The highest BCUT2D eigenvalue weighted by molar-refractivity contribution is 9.10. The zero-order valence-electron chi connectivity index (χ0n) is 10.4. The van der Waals surface area contributed by atoms with Gasteiger partial charge in [0, 0.05) is 24.7 Å². The molecule has 19 heavy (non-hydrogen) atoms. The van der Waals surface area contributed by atoms with E-state index < -0.39 is 0 Å². The molecule has 3 nitrogen and oxygen atoms in total. The molecule has 0 bridgehead atoms. The summed E-state index contributed by atoms with van der Waals surface area (Å²) in [6, 6.07) is 0. The zero-order chi connectivity index (χ0) is 13.7. The van der Waals surface area contributed by atoms with Gasteiger partial charge in [0.2, 0.25) is 0 Å². The van der Waals surface area contributed by atoms with Crippen molar-refractivity contribution in [2.24, 2.45) is 0 Å². The van der Waals surface area contributed by atoms with E-state index in [9.17, 15) is 0 Å². The molecule has 2 heterocycles. The number of ether oxygens (including phenoxy) is 1. The fraction of sp³-hybridized carbons (Fsp3) is 0.308. The number of rotatable bonds is 1. The summed E-state index contributed by atoms with van der Waals surface area (Å²) in [5, 5.41) is 1.82. The number of hydrogen-bond donors (Lipinski definition) is 0. The fourth-order valence-electron chi connectivity index (χ4n) is 2.52. The van der Waals surface area contributed by atoms with Crippen LogP contribution in [0.4, 0.5) is 0 Å². The lowest BCUT2D eigenvalue weighted by atomic mass is 10.1. The maximum atomic E-state index is 6.31. The molecule has 0 atom stereocenters. The van der Waals surface area contributed by atoms with Gasteiger partial charge in [-0.3, -0.25) is 9.88 Å². The third-order valence-electron chi connectivity index (χ3n) is 3.37. The minimum atomic E-state index is 0.391. The molecule has 1 aliphatic heterocycles. The van der Waals surface area contributed by atoms with E-state index in [0.717, 1.165) is 22.9 Å². The van der Waals surface area contributed by atoms with Crippen molar-refractivity contribution in [3.05, 3.63) is 31.8 Å². The van der Waals surface area contributed by atoms with Gasteiger partial charge >= 0.3 is 0 Å². The fourth-order valence-corrected chi connectivity index (χ4v) is 3.91. The highest BCUT2D eigenvalue weighted by Crippen LogP contribution is 2.46. The Morgan fingerprint density at radius 2 is 2.05 bits per heavy atom. The van der Waals surface area contributed by atoms with Crippen LogP contribution >= 0.6 is 39.1 Å². The van der Waals surface area contributed by atoms with Gasteiger partial charge in [-0.1, -0.05) is 23.2 Å². The Labute approximate surface area is 129 Å². The smallest absolute Gasteiger partial charge is 0.153 e. The second-order valence-electron chi connectivity index (χ2n) is 4.63. The Kier molecular flexibility index (Phi) is 3.38. The standard InChI is InChI=1S/C13H11BrCl2N2O/c1-18-4-6-3-17-12-8(7(6)5-18)9(14)13(19-2)11(16)10(12)15/h3H,4-5H2,1-2H3. The number of pyridine rings is 1. The lowest BCUT2D eigenvalue weighted by Crippen LogP contribution is -2.07. The second kappa shape index (κ2) is 4.77. The average Bonchev–Trinajstić information content (AvgIpc) is 2.76. The van der Waals surface area contributed by atoms with E-state index in [-0.39, 0.29) is 0 Å². The van der Waals surface area contributed by atoms with Crippen LogP contribution in [0.15, 0.2) is 10.7 Å². The van der Waals surface area contributed by atoms with Crippen molar-refractivity contribution in [2.75, 3.05) is 14.2 Å². The molecule has 100 valence electrons. The molecule has 0 aliphatic carbocycles. The van der Waals surface area contributed by atoms with E-state index in [0.29, 0.717) is 21.3 Å². The third-order valence-corrected chi connectivity index (χ3v) is 4.95. The maximum absolute atomic E-state index is 6.31. The van der Waals surface area contributed by atoms with Crippen LogP contribution in [0.1, 0.15) is 11.1 Å². The molecule has 1 aliphatic rings. The van der Waals surface area contributed by atoms with Crippen LogP contribution in [-0.4, -0.2) is 24.0 Å². The molecule has 0 radical (unpaired) electrons. The molecule has 0 spiro atoms. The molecule has 1 aromatic heterocycles. The van der Waals surface area contributed by atoms with Crippen molar-refractivity contribution < 1.29 is 4.74 Å². The van der Waals surface area contributed by atoms with Gasteiger partial charge in [-0.15, -0.1) is 0 Å². The predicted octanol–water partition coefficient (Wildman–Crippen LogP) is 4.26. The molecule has 3 rings (SSSR count). The molecule has 6 heteroatoms. The number of halogens is 3. The second-order valence-corrected chi connectivity index (χ2v) is 6.18. The van der Waals surface area contributed by atoms with Crippen molar-refractivity contribution in [3.8, 4) is 5.75 Å². The molecule has 0 fully saturated rings. The Morgan fingerprint density at radius 3 is 2.74 bits per heavy atom. The van der Waals surface area contributed by atoms with E-state index in [1.165, 1.54) is 11.1 Å². The molecule has 0 saturated carbocycles. The molecule has 0 N–H and O–H groups in total. The number of hydrogen-bond acceptors (Lipinski definition) is 3. The average molecular weight is 362 g/mol. The quantitative estimate of drug-likeness (QED) is 0.709. The van der Waals surface area contributed by atoms with E-state index in [2.05, 4.69) is 32.9 Å². The van der Waals surface area contributed by atoms with Crippen molar-refractivity contribution in [1.82, 2.24) is 9.88 Å². The Hall–Kier alpha value is -0.550. The summed E-state index contributed by atoms with van der Waals surface area (Å²) < 4.78 is 6.17. The minimum Gasteiger partial charge on any atom is -0.494 e. The summed E-state index contributed by atoms with van der Waals surface area (Å²) in [6.45, 7) is 1.77. The van der Waals surface area contributed by atoms with E-state index >= 15 is 0 Å². The first-order valence-corrected chi connectivity index (χ1v) is 7.29. The zero-order valence-corrected chi connectivity index (χ0v) is 13.5. The summed E-state index contributed by atoms with van der Waals surface area (Å²) in [6.07, 6.45) is 1.88. The van der Waals surface area contributed by atoms with Crippen LogP contribution in [-0.2, 0) is 13.1 Å². The monoisotopic (exact) mass is 360 g/mol. The van der Waals surface area contributed by atoms with Crippen LogP contribution < -0.4 is 4.74 Å². The first-order valence-electron chi connectivity index (χ1n) is 5.74. The van der Waals surface area contributed by atoms with Gasteiger partial charge in [-0.05, 0) is 34.1 Å². The molecule has 0 unspecified atom stereocenters. The molecule has 0 saturated heterocycles. The topological polar surface area (TPSA) is 25.4 Å². The Bertz CT molecular complexity index is 690. The van der Waals surface area contributed by atoms with Gasteiger partial charge < -0.3 is 4.74 Å². The number of fused-ring (bicyclic) bond motifs is 3. The first kappa shape index (κ1) is 13.4. The van der Waals surface area contributed by atoms with Crippen LogP contribution in [0.25, 0.3) is 10.9 Å². The number of methoxy groups -OCH3 is 1. The lowest BCUT2D eigenvalue weighted by Gasteiger charge is -2.13. The van der Waals surface area contributed by atoms with Gasteiger partial charge in [0.1, 0.15) is 5.02 Å². The Balaban J connectivity index is 2.45. The summed E-state index contributed by atoms with van der Waals surface area (Å²) in [4.78, 5) is 6.68. The number of aromatic nitrogens is 1. The highest BCUT2D eigenvalue weighted by Gasteiger charge is 2.25. The summed E-state index contributed by atoms with van der Waals surface area (Å²) >= 11 is 16.1. The predicted molar refractivity (Wildman–Crippen MR) is 81.2 cm³/mol. The Morgan fingerprint density at radius 1 is 1.32 bits per heavy atom. The number of nitrogens with zero attached hydrogens (tertiary/aromatic N) is 2. The molecule has 1 aromatic carbocycles.